The molecule has 21 heavy (non-hydrogen) atoms. The van der Waals surface area contributed by atoms with E-state index in [-0.39, 0.29) is 5.91 Å². The Labute approximate surface area is 138 Å². The summed E-state index contributed by atoms with van der Waals surface area (Å²) in [5, 5.41) is 2.99. The summed E-state index contributed by atoms with van der Waals surface area (Å²) in [6.45, 7) is 2.09. The highest BCUT2D eigenvalue weighted by Crippen LogP contribution is 2.18. The molecule has 4 heteroatoms. The molecule has 0 saturated heterocycles. The first kappa shape index (κ1) is 16.1. The summed E-state index contributed by atoms with van der Waals surface area (Å²) >= 11 is 5.04. The van der Waals surface area contributed by atoms with E-state index in [2.05, 4.69) is 40.3 Å². The number of halogens is 1. The second-order valence-electron chi connectivity index (χ2n) is 4.68. The molecule has 0 saturated carbocycles. The molecule has 2 rings (SSSR count). The molecular formula is C17H18BrNOS. The van der Waals surface area contributed by atoms with E-state index < -0.39 is 0 Å². The topological polar surface area (TPSA) is 29.1 Å². The van der Waals surface area contributed by atoms with Gasteiger partial charge in [0.25, 0.3) is 0 Å². The fourth-order valence-corrected chi connectivity index (χ4v) is 3.03. The highest BCUT2D eigenvalue weighted by molar-refractivity contribution is 9.10. The van der Waals surface area contributed by atoms with Crippen molar-refractivity contribution in [2.45, 2.75) is 19.1 Å². The van der Waals surface area contributed by atoms with Crippen molar-refractivity contribution < 1.29 is 4.79 Å². The van der Waals surface area contributed by atoms with Crippen LogP contribution in [0.5, 0.6) is 0 Å². The second-order valence-corrected chi connectivity index (χ2v) is 6.58. The zero-order valence-electron chi connectivity index (χ0n) is 11.9. The van der Waals surface area contributed by atoms with Gasteiger partial charge in [0.15, 0.2) is 0 Å². The zero-order chi connectivity index (χ0) is 15.1. The van der Waals surface area contributed by atoms with Crippen molar-refractivity contribution in [3.05, 3.63) is 64.1 Å². The van der Waals surface area contributed by atoms with Crippen LogP contribution in [0.3, 0.4) is 0 Å². The maximum Gasteiger partial charge on any atom is 0.234 e. The zero-order valence-corrected chi connectivity index (χ0v) is 14.3. The maximum atomic E-state index is 12.0. The number of carbonyl (C=O) groups is 1. The lowest BCUT2D eigenvalue weighted by molar-refractivity contribution is -0.113. The van der Waals surface area contributed by atoms with Crippen molar-refractivity contribution in [1.82, 2.24) is 0 Å². The molecule has 110 valence electrons. The number of hydrogen-bond donors (Lipinski definition) is 1. The lowest BCUT2D eigenvalue weighted by atomic mass is 10.1. The number of thioether (sulfide) groups is 1. The van der Waals surface area contributed by atoms with Crippen LogP contribution in [0.15, 0.2) is 53.0 Å². The van der Waals surface area contributed by atoms with Gasteiger partial charge in [0.1, 0.15) is 0 Å². The number of aryl methyl sites for hydroxylation is 1. The summed E-state index contributed by atoms with van der Waals surface area (Å²) in [4.78, 5) is 12.0. The van der Waals surface area contributed by atoms with Crippen molar-refractivity contribution in [1.29, 1.82) is 0 Å². The molecular weight excluding hydrogens is 346 g/mol. The van der Waals surface area contributed by atoms with E-state index in [0.717, 1.165) is 22.3 Å². The van der Waals surface area contributed by atoms with Crippen LogP contribution < -0.4 is 5.32 Å². The molecule has 0 heterocycles. The average Bonchev–Trinajstić information content (AvgIpc) is 2.50. The van der Waals surface area contributed by atoms with Gasteiger partial charge in [0.2, 0.25) is 5.91 Å². The van der Waals surface area contributed by atoms with Gasteiger partial charge in [-0.2, -0.15) is 0 Å². The van der Waals surface area contributed by atoms with Crippen LogP contribution in [0.2, 0.25) is 0 Å². The predicted octanol–water partition coefficient (Wildman–Crippen LogP) is 4.88. The highest BCUT2D eigenvalue weighted by Gasteiger charge is 2.05. The summed E-state index contributed by atoms with van der Waals surface area (Å²) < 4.78 is 1.07. The normalized spacial score (nSPS) is 10.4. The Balaban J connectivity index is 1.81. The van der Waals surface area contributed by atoms with Crippen LogP contribution in [-0.2, 0) is 17.0 Å². The number of hydrogen-bond acceptors (Lipinski definition) is 2. The monoisotopic (exact) mass is 363 g/mol. The van der Waals surface area contributed by atoms with E-state index >= 15 is 0 Å². The largest absolute Gasteiger partial charge is 0.325 e. The molecule has 0 aliphatic carbocycles. The molecule has 2 nitrogen and oxygen atoms in total. The molecule has 0 fully saturated rings. The van der Waals surface area contributed by atoms with Crippen LogP contribution in [0.4, 0.5) is 5.69 Å². The Morgan fingerprint density at radius 2 is 1.86 bits per heavy atom. The van der Waals surface area contributed by atoms with Crippen molar-refractivity contribution >= 4 is 39.3 Å². The van der Waals surface area contributed by atoms with E-state index in [1.165, 1.54) is 11.1 Å². The number of amides is 1. The van der Waals surface area contributed by atoms with Gasteiger partial charge in [-0.1, -0.05) is 53.2 Å². The van der Waals surface area contributed by atoms with Gasteiger partial charge >= 0.3 is 0 Å². The standard InChI is InChI=1S/C17H18BrNOS/c1-2-14-5-3-4-6-16(14)19-17(20)12-21-11-13-7-9-15(18)10-8-13/h3-10H,2,11-12H2,1H3,(H,19,20). The maximum absolute atomic E-state index is 12.0. The predicted molar refractivity (Wildman–Crippen MR) is 94.8 cm³/mol. The van der Waals surface area contributed by atoms with Crippen molar-refractivity contribution in [3.8, 4) is 0 Å². The third-order valence-corrected chi connectivity index (χ3v) is 4.62. The van der Waals surface area contributed by atoms with Crippen LogP contribution >= 0.6 is 27.7 Å². The Morgan fingerprint density at radius 3 is 2.57 bits per heavy atom. The van der Waals surface area contributed by atoms with Gasteiger partial charge in [-0.05, 0) is 35.7 Å². The number of anilines is 1. The number of carbonyl (C=O) groups excluding carboxylic acids is 1. The first-order chi connectivity index (χ1) is 10.2. The molecule has 0 aliphatic heterocycles. The van der Waals surface area contributed by atoms with E-state index in [1.54, 1.807) is 11.8 Å². The summed E-state index contributed by atoms with van der Waals surface area (Å²) in [7, 11) is 0. The second kappa shape index (κ2) is 8.25. The van der Waals surface area contributed by atoms with E-state index in [4.69, 9.17) is 0 Å². The van der Waals surface area contributed by atoms with Crippen molar-refractivity contribution in [2.75, 3.05) is 11.1 Å². The van der Waals surface area contributed by atoms with E-state index in [1.807, 2.05) is 36.4 Å². The van der Waals surface area contributed by atoms with Crippen molar-refractivity contribution in [3.63, 3.8) is 0 Å². The molecule has 0 spiro atoms. The lowest BCUT2D eigenvalue weighted by Gasteiger charge is -2.09. The van der Waals surface area contributed by atoms with E-state index in [9.17, 15) is 4.79 Å². The molecule has 0 unspecified atom stereocenters. The SMILES string of the molecule is CCc1ccccc1NC(=O)CSCc1ccc(Br)cc1. The molecule has 0 aromatic heterocycles. The number of benzene rings is 2. The molecule has 1 amide bonds. The number of nitrogens with one attached hydrogen (secondary N) is 1. The van der Waals surface area contributed by atoms with Gasteiger partial charge in [0, 0.05) is 15.9 Å². The van der Waals surface area contributed by atoms with Crippen molar-refractivity contribution in [2.24, 2.45) is 0 Å². The molecule has 2 aromatic carbocycles. The third kappa shape index (κ3) is 5.21. The van der Waals surface area contributed by atoms with Gasteiger partial charge in [0.05, 0.1) is 5.75 Å². The fraction of sp³-hybridized carbons (Fsp3) is 0.235. The highest BCUT2D eigenvalue weighted by atomic mass is 79.9. The summed E-state index contributed by atoms with van der Waals surface area (Å²) in [6.07, 6.45) is 0.919. The molecule has 0 radical (unpaired) electrons. The summed E-state index contributed by atoms with van der Waals surface area (Å²) in [5.41, 5.74) is 3.32. The first-order valence-corrected chi connectivity index (χ1v) is 8.83. The first-order valence-electron chi connectivity index (χ1n) is 6.89. The van der Waals surface area contributed by atoms with Crippen LogP contribution in [0.25, 0.3) is 0 Å². The van der Waals surface area contributed by atoms with Crippen LogP contribution in [0, 0.1) is 0 Å². The van der Waals surface area contributed by atoms with E-state index in [0.29, 0.717) is 5.75 Å². The minimum absolute atomic E-state index is 0.0537. The number of rotatable bonds is 6. The van der Waals surface area contributed by atoms with Gasteiger partial charge in [-0.3, -0.25) is 4.79 Å². The molecule has 0 bridgehead atoms. The molecule has 0 atom stereocenters. The van der Waals surface area contributed by atoms with Gasteiger partial charge in [-0.15, -0.1) is 11.8 Å². The lowest BCUT2D eigenvalue weighted by Crippen LogP contribution is -2.15. The molecule has 1 N–H and O–H groups in total. The Morgan fingerprint density at radius 1 is 1.14 bits per heavy atom. The minimum Gasteiger partial charge on any atom is -0.325 e. The third-order valence-electron chi connectivity index (χ3n) is 3.09. The van der Waals surface area contributed by atoms with Gasteiger partial charge in [-0.25, -0.2) is 0 Å². The Kier molecular flexibility index (Phi) is 6.33. The van der Waals surface area contributed by atoms with Gasteiger partial charge < -0.3 is 5.32 Å². The number of para-hydroxylation sites is 1. The quantitative estimate of drug-likeness (QED) is 0.791. The van der Waals surface area contributed by atoms with Crippen LogP contribution in [0.1, 0.15) is 18.1 Å². The summed E-state index contributed by atoms with van der Waals surface area (Å²) in [6, 6.07) is 16.1. The smallest absolute Gasteiger partial charge is 0.234 e. The minimum atomic E-state index is 0.0537. The Bertz CT molecular complexity index is 598. The molecule has 2 aromatic rings. The molecule has 0 aliphatic rings. The fourth-order valence-electron chi connectivity index (χ4n) is 1.98. The van der Waals surface area contributed by atoms with Crippen LogP contribution in [-0.4, -0.2) is 11.7 Å². The summed E-state index contributed by atoms with van der Waals surface area (Å²) in [5.74, 6) is 1.36. The average molecular weight is 364 g/mol. The Hall–Kier alpha value is -1.26.